The number of anilines is 1. The molecular formula is C18H18N8O. The largest absolute Gasteiger partial charge is 0.321 e. The third-order valence-corrected chi connectivity index (χ3v) is 4.08. The van der Waals surface area contributed by atoms with E-state index in [0.29, 0.717) is 23.0 Å². The molecule has 0 aliphatic rings. The first-order chi connectivity index (χ1) is 13.0. The van der Waals surface area contributed by atoms with Crippen LogP contribution >= 0.6 is 0 Å². The van der Waals surface area contributed by atoms with Crippen molar-refractivity contribution in [1.29, 1.82) is 0 Å². The van der Waals surface area contributed by atoms with Crippen LogP contribution in [0.1, 0.15) is 41.8 Å². The van der Waals surface area contributed by atoms with Gasteiger partial charge in [-0.2, -0.15) is 15.2 Å². The molecule has 0 spiro atoms. The van der Waals surface area contributed by atoms with Crippen LogP contribution in [0.4, 0.5) is 5.69 Å². The molecule has 0 radical (unpaired) electrons. The van der Waals surface area contributed by atoms with Crippen LogP contribution in [0.25, 0.3) is 17.2 Å². The number of aromatic amines is 1. The summed E-state index contributed by atoms with van der Waals surface area (Å²) in [5, 5.41) is 14.0. The number of aromatic nitrogens is 7. The number of rotatable bonds is 4. The van der Waals surface area contributed by atoms with Gasteiger partial charge in [-0.3, -0.25) is 9.89 Å². The summed E-state index contributed by atoms with van der Waals surface area (Å²) in [6.07, 6.45) is 1.43. The molecule has 9 heteroatoms. The maximum Gasteiger partial charge on any atom is 0.274 e. The van der Waals surface area contributed by atoms with E-state index >= 15 is 0 Å². The number of carbonyl (C=O) groups is 1. The summed E-state index contributed by atoms with van der Waals surface area (Å²) in [5.41, 5.74) is 2.60. The van der Waals surface area contributed by atoms with Gasteiger partial charge in [-0.15, -0.1) is 0 Å². The number of amides is 1. The highest BCUT2D eigenvalue weighted by atomic mass is 16.1. The molecule has 0 fully saturated rings. The summed E-state index contributed by atoms with van der Waals surface area (Å²) in [6, 6.07) is 9.09. The predicted molar refractivity (Wildman–Crippen MR) is 99.4 cm³/mol. The smallest absolute Gasteiger partial charge is 0.274 e. The Morgan fingerprint density at radius 1 is 1.22 bits per heavy atom. The number of carbonyl (C=O) groups excluding carboxylic acids is 1. The lowest BCUT2D eigenvalue weighted by atomic mass is 10.1. The van der Waals surface area contributed by atoms with Gasteiger partial charge < -0.3 is 5.32 Å². The molecule has 3 heterocycles. The van der Waals surface area contributed by atoms with Crippen molar-refractivity contribution in [2.24, 2.45) is 0 Å². The van der Waals surface area contributed by atoms with E-state index in [0.717, 1.165) is 17.1 Å². The van der Waals surface area contributed by atoms with E-state index in [1.165, 1.54) is 6.33 Å². The molecule has 2 N–H and O–H groups in total. The van der Waals surface area contributed by atoms with Crippen molar-refractivity contribution in [3.05, 3.63) is 53.9 Å². The standard InChI is InChI=1S/C18H18N8O/c1-10(2)15-8-14(23-18-19-9-20-26(15)18)17(27)22-13-6-4-5-12(7-13)16-21-11(3)24-25-16/h4-10H,1-3H3,(H,22,27)(H,21,24,25). The Hall–Kier alpha value is -3.62. The number of H-pyrrole nitrogens is 1. The van der Waals surface area contributed by atoms with Gasteiger partial charge in [-0.05, 0) is 31.0 Å². The van der Waals surface area contributed by atoms with Gasteiger partial charge in [-0.25, -0.2) is 14.5 Å². The summed E-state index contributed by atoms with van der Waals surface area (Å²) >= 11 is 0. The summed E-state index contributed by atoms with van der Waals surface area (Å²) in [4.78, 5) is 25.5. The Kier molecular flexibility index (Phi) is 4.11. The number of nitrogens with one attached hydrogen (secondary N) is 2. The Balaban J connectivity index is 1.64. The van der Waals surface area contributed by atoms with Crippen LogP contribution in [0.15, 0.2) is 36.7 Å². The fourth-order valence-corrected chi connectivity index (χ4v) is 2.77. The van der Waals surface area contributed by atoms with Crippen LogP contribution < -0.4 is 5.32 Å². The lowest BCUT2D eigenvalue weighted by Gasteiger charge is -2.10. The molecule has 0 bridgehead atoms. The van der Waals surface area contributed by atoms with Gasteiger partial charge in [0.1, 0.15) is 17.8 Å². The van der Waals surface area contributed by atoms with Gasteiger partial charge in [0.25, 0.3) is 11.7 Å². The second kappa shape index (κ2) is 6.60. The lowest BCUT2D eigenvalue weighted by molar-refractivity contribution is 0.102. The van der Waals surface area contributed by atoms with Crippen molar-refractivity contribution in [1.82, 2.24) is 34.8 Å². The first-order valence-electron chi connectivity index (χ1n) is 8.53. The van der Waals surface area contributed by atoms with Crippen molar-refractivity contribution in [2.45, 2.75) is 26.7 Å². The maximum absolute atomic E-state index is 12.7. The highest BCUT2D eigenvalue weighted by molar-refractivity contribution is 6.03. The topological polar surface area (TPSA) is 114 Å². The van der Waals surface area contributed by atoms with Gasteiger partial charge in [0.2, 0.25) is 0 Å². The normalized spacial score (nSPS) is 11.3. The van der Waals surface area contributed by atoms with Crippen LogP contribution in [0.3, 0.4) is 0 Å². The van der Waals surface area contributed by atoms with E-state index in [-0.39, 0.29) is 11.8 Å². The van der Waals surface area contributed by atoms with Crippen LogP contribution in [0, 0.1) is 6.92 Å². The fourth-order valence-electron chi connectivity index (χ4n) is 2.77. The number of hydrogen-bond donors (Lipinski definition) is 2. The first kappa shape index (κ1) is 16.8. The van der Waals surface area contributed by atoms with Gasteiger partial charge >= 0.3 is 0 Å². The van der Waals surface area contributed by atoms with Crippen LogP contribution in [0.2, 0.25) is 0 Å². The van der Waals surface area contributed by atoms with Crippen molar-refractivity contribution in [2.75, 3.05) is 5.32 Å². The number of aryl methyl sites for hydroxylation is 1. The molecule has 0 unspecified atom stereocenters. The second-order valence-electron chi connectivity index (χ2n) is 6.47. The highest BCUT2D eigenvalue weighted by Crippen LogP contribution is 2.21. The molecule has 9 nitrogen and oxygen atoms in total. The second-order valence-corrected chi connectivity index (χ2v) is 6.47. The zero-order valence-corrected chi connectivity index (χ0v) is 15.1. The van der Waals surface area contributed by atoms with E-state index in [1.54, 1.807) is 16.6 Å². The van der Waals surface area contributed by atoms with Crippen molar-refractivity contribution in [3.8, 4) is 11.4 Å². The minimum atomic E-state index is -0.314. The number of hydrogen-bond acceptors (Lipinski definition) is 6. The Morgan fingerprint density at radius 2 is 2.07 bits per heavy atom. The highest BCUT2D eigenvalue weighted by Gasteiger charge is 2.16. The molecular weight excluding hydrogens is 344 g/mol. The Labute approximate surface area is 154 Å². The molecule has 1 amide bonds. The van der Waals surface area contributed by atoms with Crippen LogP contribution in [-0.2, 0) is 0 Å². The monoisotopic (exact) mass is 362 g/mol. The van der Waals surface area contributed by atoms with Crippen molar-refractivity contribution >= 4 is 17.4 Å². The van der Waals surface area contributed by atoms with E-state index < -0.39 is 0 Å². The first-order valence-corrected chi connectivity index (χ1v) is 8.53. The van der Waals surface area contributed by atoms with Crippen LogP contribution in [0.5, 0.6) is 0 Å². The summed E-state index contributed by atoms with van der Waals surface area (Å²) in [6.45, 7) is 5.89. The molecule has 0 atom stereocenters. The SMILES string of the molecule is Cc1nc(-c2cccc(NC(=O)c3cc(C(C)C)n4ncnc4n3)c2)n[nH]1. The van der Waals surface area contributed by atoms with Crippen LogP contribution in [-0.4, -0.2) is 40.7 Å². The maximum atomic E-state index is 12.7. The van der Waals surface area contributed by atoms with Gasteiger partial charge in [0.15, 0.2) is 5.82 Å². The molecule has 0 aliphatic heterocycles. The Morgan fingerprint density at radius 3 is 2.81 bits per heavy atom. The van der Waals surface area contributed by atoms with E-state index in [2.05, 4.69) is 35.6 Å². The van der Waals surface area contributed by atoms with E-state index in [1.807, 2.05) is 39.0 Å². The molecule has 4 aromatic rings. The van der Waals surface area contributed by atoms with Gasteiger partial charge in [0.05, 0.1) is 5.69 Å². The number of fused-ring (bicyclic) bond motifs is 1. The summed E-state index contributed by atoms with van der Waals surface area (Å²) < 4.78 is 1.65. The summed E-state index contributed by atoms with van der Waals surface area (Å²) in [5.74, 6) is 1.56. The third kappa shape index (κ3) is 3.26. The molecule has 3 aromatic heterocycles. The molecule has 0 aliphatic carbocycles. The average molecular weight is 362 g/mol. The third-order valence-electron chi connectivity index (χ3n) is 4.08. The molecule has 1 aromatic carbocycles. The molecule has 4 rings (SSSR count). The fraction of sp³-hybridized carbons (Fsp3) is 0.222. The predicted octanol–water partition coefficient (Wildman–Crippen LogP) is 2.59. The van der Waals surface area contributed by atoms with Crippen molar-refractivity contribution < 1.29 is 4.79 Å². The number of nitrogens with zero attached hydrogens (tertiary/aromatic N) is 6. The van der Waals surface area contributed by atoms with Gasteiger partial charge in [0, 0.05) is 11.3 Å². The van der Waals surface area contributed by atoms with Gasteiger partial charge in [-0.1, -0.05) is 26.0 Å². The van der Waals surface area contributed by atoms with Crippen molar-refractivity contribution in [3.63, 3.8) is 0 Å². The zero-order valence-electron chi connectivity index (χ0n) is 15.1. The molecule has 0 saturated heterocycles. The number of benzene rings is 1. The summed E-state index contributed by atoms with van der Waals surface area (Å²) in [7, 11) is 0. The lowest BCUT2D eigenvalue weighted by Crippen LogP contribution is -2.16. The van der Waals surface area contributed by atoms with E-state index in [4.69, 9.17) is 0 Å². The minimum absolute atomic E-state index is 0.168. The van der Waals surface area contributed by atoms with E-state index in [9.17, 15) is 4.79 Å². The zero-order chi connectivity index (χ0) is 19.0. The quantitative estimate of drug-likeness (QED) is 0.577. The Bertz CT molecular complexity index is 1130. The minimum Gasteiger partial charge on any atom is -0.321 e. The molecule has 27 heavy (non-hydrogen) atoms. The average Bonchev–Trinajstić information content (AvgIpc) is 3.29. The molecule has 0 saturated carbocycles. The molecule has 136 valence electrons.